The number of nitrogens with zero attached hydrogens (tertiary/aromatic N) is 6. The lowest BCUT2D eigenvalue weighted by Gasteiger charge is -2.32. The van der Waals surface area contributed by atoms with E-state index in [9.17, 15) is 54.2 Å². The van der Waals surface area contributed by atoms with Crippen molar-refractivity contribution in [3.63, 3.8) is 0 Å². The van der Waals surface area contributed by atoms with Gasteiger partial charge in [-0.2, -0.15) is 58.0 Å². The summed E-state index contributed by atoms with van der Waals surface area (Å²) in [6.45, 7) is 28.1. The molecule has 0 unspecified atom stereocenters. The highest BCUT2D eigenvalue weighted by Gasteiger charge is 2.52. The van der Waals surface area contributed by atoms with Crippen LogP contribution in [0.5, 0.6) is 0 Å². The number of carbonyl (C=O) groups excluding carboxylic acids is 2. The summed E-state index contributed by atoms with van der Waals surface area (Å²) >= 11 is 6.04. The van der Waals surface area contributed by atoms with Crippen molar-refractivity contribution in [1.82, 2.24) is 35.1 Å². The van der Waals surface area contributed by atoms with Gasteiger partial charge in [0.05, 0.1) is 67.5 Å². The Balaban J connectivity index is 0.000000316. The van der Waals surface area contributed by atoms with Crippen LogP contribution in [0.4, 0.5) is 89.6 Å². The number of rotatable bonds is 20. The molecule has 4 saturated carbocycles. The zero-order valence-electron chi connectivity index (χ0n) is 71.1. The van der Waals surface area contributed by atoms with Crippen LogP contribution < -0.4 is 54.6 Å². The Morgan fingerprint density at radius 3 is 1.27 bits per heavy atom. The Bertz CT molecular complexity index is 4050. The largest absolute Gasteiger partial charge is 0.495 e. The minimum atomic E-state index is -4.22. The van der Waals surface area contributed by atoms with Crippen LogP contribution >= 0.6 is 93.7 Å². The first-order valence-electron chi connectivity index (χ1n) is 40.2. The Kier molecular flexibility index (Phi) is 45.5. The monoisotopic (exact) mass is 2120 g/mol. The van der Waals surface area contributed by atoms with Gasteiger partial charge in [0, 0.05) is 124 Å². The van der Waals surface area contributed by atoms with Crippen molar-refractivity contribution in [1.29, 1.82) is 0 Å². The second kappa shape index (κ2) is 51.0. The molecule has 14 rings (SSSR count). The summed E-state index contributed by atoms with van der Waals surface area (Å²) in [7, 11) is -0.556. The van der Waals surface area contributed by atoms with Crippen molar-refractivity contribution in [2.24, 2.45) is 17.6 Å². The maximum absolute atomic E-state index is 12.9. The van der Waals surface area contributed by atoms with Gasteiger partial charge in [0.1, 0.15) is 29.1 Å². The lowest BCUT2D eigenvalue weighted by atomic mass is 9.76. The van der Waals surface area contributed by atoms with Gasteiger partial charge in [-0.1, -0.05) is 17.7 Å². The van der Waals surface area contributed by atoms with Crippen molar-refractivity contribution in [3.05, 3.63) is 125 Å². The number of nitrogens with one attached hydrogen (secondary N) is 6. The first kappa shape index (κ1) is 110. The molecule has 8 aliphatic rings. The van der Waals surface area contributed by atoms with Crippen LogP contribution in [0.25, 0.3) is 11.1 Å². The van der Waals surface area contributed by atoms with E-state index in [1.165, 1.54) is 15.9 Å². The van der Waals surface area contributed by atoms with E-state index in [1.54, 1.807) is 30.3 Å². The fourth-order valence-corrected chi connectivity index (χ4v) is 13.9. The maximum atomic E-state index is 12.9. The summed E-state index contributed by atoms with van der Waals surface area (Å²) in [5.41, 5.74) is 20.7. The highest BCUT2D eigenvalue weighted by molar-refractivity contribution is 14.1. The highest BCUT2D eigenvalue weighted by Crippen LogP contribution is 2.43. The average molecular weight is 2120 g/mol. The molecule has 6 aromatic rings. The number of urea groups is 2. The van der Waals surface area contributed by atoms with Crippen LogP contribution in [0, 0.1) is 54.2 Å². The predicted octanol–water partition coefficient (Wildman–Crippen LogP) is 15.1. The van der Waals surface area contributed by atoms with Crippen LogP contribution in [-0.2, 0) is 23.5 Å². The number of aliphatic hydroxyl groups excluding tert-OH is 4. The third-order valence-electron chi connectivity index (χ3n) is 20.7. The van der Waals surface area contributed by atoms with Gasteiger partial charge in [-0.15, -0.1) is 12.4 Å². The summed E-state index contributed by atoms with van der Waals surface area (Å²) in [6, 6.07) is 22.8. The zero-order chi connectivity index (χ0) is 89.7. The van der Waals surface area contributed by atoms with Gasteiger partial charge >= 0.3 is 31.5 Å². The van der Waals surface area contributed by atoms with Gasteiger partial charge in [0.25, 0.3) is 0 Å². The van der Waals surface area contributed by atoms with E-state index < -0.39 is 85.3 Å². The number of ether oxygens (including phenoxy) is 3. The van der Waals surface area contributed by atoms with Crippen molar-refractivity contribution in [2.45, 2.75) is 192 Å². The quantitative estimate of drug-likeness (QED) is 0.0146. The Morgan fingerprint density at radius 2 is 0.935 bits per heavy atom. The van der Waals surface area contributed by atoms with E-state index in [-0.39, 0.29) is 87.6 Å². The minimum absolute atomic E-state index is 0. The third-order valence-corrected chi connectivity index (χ3v) is 22.6. The minimum Gasteiger partial charge on any atom is -0.399 e. The van der Waals surface area contributed by atoms with Crippen LogP contribution in [-0.4, -0.2) is 220 Å². The number of hydrogen-bond acceptors (Lipinski definition) is 22. The molecule has 4 aliphatic heterocycles. The summed E-state index contributed by atoms with van der Waals surface area (Å²) < 4.78 is 142. The van der Waals surface area contributed by atoms with Gasteiger partial charge in [0.2, 0.25) is 17.8 Å². The molecule has 0 spiro atoms. The molecule has 0 bridgehead atoms. The number of benzene rings is 2. The van der Waals surface area contributed by atoms with Gasteiger partial charge in [-0.25, -0.2) is 24.5 Å². The van der Waals surface area contributed by atoms with E-state index in [0.29, 0.717) is 64.1 Å². The van der Waals surface area contributed by atoms with Gasteiger partial charge in [0.15, 0.2) is 0 Å². The van der Waals surface area contributed by atoms with Crippen LogP contribution in [0.2, 0.25) is 0 Å². The van der Waals surface area contributed by atoms with E-state index in [4.69, 9.17) is 56.0 Å². The molecular formula is C82H121BClF9I3N15O11S. The molecular weight excluding hydrogens is 2000 g/mol. The fourth-order valence-electron chi connectivity index (χ4n) is 12.2. The first-order valence-corrected chi connectivity index (χ1v) is 43.5. The van der Waals surface area contributed by atoms with E-state index >= 15 is 0 Å². The number of amides is 4. The number of nitrogen functional groups attached to an aromatic ring is 2. The molecule has 2 atom stereocenters. The normalized spacial score (nSPS) is 18.7. The Hall–Kier alpha value is -5.60. The van der Waals surface area contributed by atoms with E-state index in [2.05, 4.69) is 74.4 Å². The van der Waals surface area contributed by atoms with E-state index in [0.717, 1.165) is 157 Å². The molecule has 123 heavy (non-hydrogen) atoms. The number of aliphatic hydroxyl groups is 4. The number of aromatic nitrogens is 4. The Labute approximate surface area is 769 Å². The van der Waals surface area contributed by atoms with E-state index in [1.807, 2.05) is 151 Å². The first-order chi connectivity index (χ1) is 56.9. The molecule has 4 amide bonds. The number of halogens is 13. The summed E-state index contributed by atoms with van der Waals surface area (Å²) in [6.07, 6.45) is -1.90. The lowest BCUT2D eigenvalue weighted by Crippen LogP contribution is -2.41. The van der Waals surface area contributed by atoms with Crippen molar-refractivity contribution in [2.75, 3.05) is 143 Å². The number of anilines is 7. The van der Waals surface area contributed by atoms with Crippen LogP contribution in [0.15, 0.2) is 84.9 Å². The Morgan fingerprint density at radius 1 is 0.553 bits per heavy atom. The molecule has 8 fully saturated rings. The van der Waals surface area contributed by atoms with Gasteiger partial charge in [-0.3, -0.25) is 0 Å². The molecule has 4 aliphatic carbocycles. The predicted molar refractivity (Wildman–Crippen MR) is 497 cm³/mol. The number of aryl methyl sites for hydroxylation is 2. The maximum Gasteiger partial charge on any atom is 0.495 e. The number of pyridine rings is 4. The fraction of sp³-hybridized carbons (Fsp3) is 0.585. The molecule has 0 radical (unpaired) electrons. The highest BCUT2D eigenvalue weighted by atomic mass is 127. The molecule has 4 saturated heterocycles. The van der Waals surface area contributed by atoms with Gasteiger partial charge < -0.3 is 103 Å². The van der Waals surface area contributed by atoms with Gasteiger partial charge in [-0.05, 0) is 290 Å². The number of alkyl halides is 6. The number of likely N-dealkylation sites (tertiary alicyclic amines) is 2. The number of carbonyl (C=O) groups is 2. The molecule has 26 nitrogen and oxygen atoms in total. The summed E-state index contributed by atoms with van der Waals surface area (Å²) in [5.74, 6) is -0.506. The SMILES string of the molecule is C1COCCN1.CCOCC.CCOCC.Cc1ccc(NC(=O)N2CC[C@@H](CC(F)(F)F)C2)cc1-c1cc(N)nc(NC2(CO)CC2)c1.Cc1ccc(NC(=O)N2CC[C@@H](CC(F)(F)F)C2)cc1B1OC(C)(C)C(C)(C)O1.Cl.Fc1cc(I)cc(F)n1.NC1(CO)CC1.Nc1cc(I)cc(NC2(CO)CC2)n1.OCC1(Nc2cc(I)cc(F)n2)CC1.S. The summed E-state index contributed by atoms with van der Waals surface area (Å²) in [4.78, 5) is 43.1. The second-order valence-corrected chi connectivity index (χ2v) is 35.4. The van der Waals surface area contributed by atoms with Crippen molar-refractivity contribution < 1.29 is 93.0 Å². The molecule has 2 aromatic carbocycles. The standard InChI is InChI=1S/C23H28F3N5O2.C20H28BF3N2O3.C9H10FIN2O.C9H12IN3O.C5H2F2IN.2C4H9NO.2C4H10O.ClH.H2S/c1-14-2-3-17(28-21(33)31-7-4-15(12-31)11-23(24,25)26)10-18(14)16-8-19(27)29-20(9-16)30-22(13-32)5-6-22;1-13-6-7-15(10-16(13)21-28-18(2,3)19(4,5)29-21)25-17(27)26-9-8-14(12-26)11-20(22,23)24;10-7-3-6(11)4-8(12-7)13-9(5-14)1-2-9;10-6-3-7(11)12-8(4-6)13-9(5-14)1-2-9;6-4-1-3(8)2-5(7)9-4;1-3-6-4-2-5-1;5-4(3-6)1-2-4;2*1-3-5-4-2;;/h2-3,8-10,15,32H,4-7,11-13H2,1H3,(H,28,33)(H3,27,29,30);6-7,10,14H,8-9,11-12H2,1-5H3,(H,25,27);3-4,14H,1-2,5H2,(H,12,13);3-4,14H,1-2,5H2,(H3,11,12,13);1-2H;5H,1-4H2;6H,1-3,5H2;2*3-4H2,1-2H3;1H;1H2/t15-;14-;;;;;;;;;/m00........./s1. The number of morpholine rings is 1. The smallest absolute Gasteiger partial charge is 0.399 e. The number of hydrogen-bond donors (Lipinski definition) is 13. The zero-order valence-corrected chi connectivity index (χ0v) is 79.4. The van der Waals surface area contributed by atoms with Crippen molar-refractivity contribution in [3.8, 4) is 11.1 Å². The summed E-state index contributed by atoms with van der Waals surface area (Å²) in [5, 5.41) is 54.4. The van der Waals surface area contributed by atoms with Crippen molar-refractivity contribution >= 4 is 159 Å². The third kappa shape index (κ3) is 39.5. The van der Waals surface area contributed by atoms with Crippen LogP contribution in [0.3, 0.4) is 0 Å². The number of nitrogens with two attached hydrogens (primary N) is 3. The second-order valence-electron chi connectivity index (χ2n) is 31.7. The molecule has 690 valence electrons. The molecule has 8 heterocycles. The molecule has 41 heteroatoms. The molecule has 16 N–H and O–H groups in total. The van der Waals surface area contributed by atoms with Crippen LogP contribution in [0.1, 0.15) is 144 Å². The average Bonchev–Trinajstić information content (AvgIpc) is 1.62. The molecule has 4 aromatic heterocycles. The topological polar surface area (TPSA) is 369 Å². The lowest BCUT2D eigenvalue weighted by molar-refractivity contribution is -0.144.